The monoisotopic (exact) mass is 553 g/mol. The standard InChI is InChI=1S/C27H35N7O6/c28-23-19-24(34(14-29-19)26-21(36)20(35)22(40-26)25(37)30-17-7-8-17)32-18(31-23)6-2-3-15-9-11-33(12-10-15)27(38)39-13-16-4-1-5-16/h14-17,20-22,26,35-36H,1,3-5,7-13H2,(H,30,37)(H2,28,31,32)/t20-,21?,22+,26-/m1/s1. The van der Waals surface area contributed by atoms with Crippen LogP contribution in [0.2, 0.25) is 0 Å². The Hall–Kier alpha value is -3.47. The fraction of sp³-hybridized carbons (Fsp3) is 0.667. The largest absolute Gasteiger partial charge is 0.449 e. The molecule has 40 heavy (non-hydrogen) atoms. The molecule has 2 aliphatic carbocycles. The number of rotatable bonds is 6. The lowest BCUT2D eigenvalue weighted by atomic mass is 9.86. The van der Waals surface area contributed by atoms with Gasteiger partial charge in [-0.3, -0.25) is 9.36 Å². The molecule has 4 heterocycles. The van der Waals surface area contributed by atoms with E-state index in [1.165, 1.54) is 17.3 Å². The summed E-state index contributed by atoms with van der Waals surface area (Å²) in [5, 5.41) is 23.9. The van der Waals surface area contributed by atoms with Gasteiger partial charge in [-0.2, -0.15) is 0 Å². The molecule has 0 bridgehead atoms. The molecule has 2 amide bonds. The van der Waals surface area contributed by atoms with Crippen molar-refractivity contribution < 1.29 is 29.3 Å². The molecule has 0 aromatic carbocycles. The molecule has 0 spiro atoms. The predicted molar refractivity (Wildman–Crippen MR) is 141 cm³/mol. The maximum absolute atomic E-state index is 12.5. The molecule has 0 radical (unpaired) electrons. The van der Waals surface area contributed by atoms with E-state index in [-0.39, 0.29) is 29.4 Å². The van der Waals surface area contributed by atoms with Gasteiger partial charge in [0.25, 0.3) is 5.91 Å². The first kappa shape index (κ1) is 26.7. The maximum Gasteiger partial charge on any atom is 0.409 e. The minimum absolute atomic E-state index is 0.0906. The van der Waals surface area contributed by atoms with Crippen molar-refractivity contribution in [3.8, 4) is 11.8 Å². The molecular weight excluding hydrogens is 518 g/mol. The van der Waals surface area contributed by atoms with Crippen molar-refractivity contribution in [2.24, 2.45) is 11.8 Å². The van der Waals surface area contributed by atoms with E-state index in [0.29, 0.717) is 43.5 Å². The van der Waals surface area contributed by atoms with Gasteiger partial charge in [-0.15, -0.1) is 0 Å². The van der Waals surface area contributed by atoms with Crippen molar-refractivity contribution >= 4 is 29.0 Å². The lowest BCUT2D eigenvalue weighted by Gasteiger charge is -2.32. The molecule has 2 aromatic rings. The third kappa shape index (κ3) is 5.56. The quantitative estimate of drug-likeness (QED) is 0.372. The second-order valence-corrected chi connectivity index (χ2v) is 11.3. The van der Waals surface area contributed by atoms with Crippen LogP contribution in [0.5, 0.6) is 0 Å². The second kappa shape index (κ2) is 11.2. The van der Waals surface area contributed by atoms with Crippen LogP contribution in [0, 0.1) is 23.7 Å². The van der Waals surface area contributed by atoms with Crippen LogP contribution in [0.3, 0.4) is 0 Å². The number of hydrogen-bond acceptors (Lipinski definition) is 10. The highest BCUT2D eigenvalue weighted by Crippen LogP contribution is 2.33. The molecule has 1 unspecified atom stereocenters. The SMILES string of the molecule is Nc1nc(C#CCC2CCN(C(=O)OCC3CCC3)CC2)nc2c1ncn2[C@@H]1O[C@H](C(=O)NC2CC2)[C@H](O)C1O. The van der Waals surface area contributed by atoms with Crippen molar-refractivity contribution in [1.29, 1.82) is 0 Å². The van der Waals surface area contributed by atoms with Crippen molar-refractivity contribution in [2.75, 3.05) is 25.4 Å². The number of carbonyl (C=O) groups excluding carboxylic acids is 2. The van der Waals surface area contributed by atoms with Gasteiger partial charge in [-0.25, -0.2) is 19.7 Å². The number of imidazole rings is 1. The van der Waals surface area contributed by atoms with Crippen molar-refractivity contribution in [2.45, 2.75) is 81.9 Å². The fourth-order valence-corrected chi connectivity index (χ4v) is 5.33. The zero-order valence-corrected chi connectivity index (χ0v) is 22.2. The number of nitrogens with zero attached hydrogens (tertiary/aromatic N) is 5. The number of piperidine rings is 1. The molecule has 5 N–H and O–H groups in total. The van der Waals surface area contributed by atoms with Crippen LogP contribution in [-0.4, -0.2) is 90.7 Å². The van der Waals surface area contributed by atoms with E-state index >= 15 is 0 Å². The number of anilines is 1. The average Bonchev–Trinajstić information content (AvgIpc) is 3.55. The van der Waals surface area contributed by atoms with Crippen LogP contribution in [0.1, 0.15) is 63.4 Å². The first-order valence-corrected chi connectivity index (χ1v) is 14.1. The molecule has 2 saturated heterocycles. The minimum Gasteiger partial charge on any atom is -0.449 e. The summed E-state index contributed by atoms with van der Waals surface area (Å²) in [6.07, 6.45) is 3.71. The van der Waals surface area contributed by atoms with Gasteiger partial charge in [0.1, 0.15) is 17.7 Å². The summed E-state index contributed by atoms with van der Waals surface area (Å²) in [5.74, 6) is 6.84. The van der Waals surface area contributed by atoms with E-state index in [0.717, 1.165) is 38.5 Å². The molecule has 6 rings (SSSR count). The van der Waals surface area contributed by atoms with Crippen LogP contribution >= 0.6 is 0 Å². The number of fused-ring (bicyclic) bond motifs is 1. The molecule has 2 aromatic heterocycles. The minimum atomic E-state index is -1.41. The van der Waals surface area contributed by atoms with Crippen LogP contribution in [-0.2, 0) is 14.3 Å². The zero-order chi connectivity index (χ0) is 27.8. The highest BCUT2D eigenvalue weighted by atomic mass is 16.6. The van der Waals surface area contributed by atoms with Gasteiger partial charge in [-0.1, -0.05) is 12.3 Å². The normalized spacial score (nSPS) is 27.2. The molecule has 4 fully saturated rings. The summed E-state index contributed by atoms with van der Waals surface area (Å²) in [7, 11) is 0. The Morgan fingerprint density at radius 3 is 2.58 bits per heavy atom. The number of amides is 2. The molecular formula is C27H35N7O6. The van der Waals surface area contributed by atoms with Crippen molar-refractivity contribution in [3.05, 3.63) is 12.2 Å². The van der Waals surface area contributed by atoms with Crippen LogP contribution in [0.4, 0.5) is 10.6 Å². The first-order chi connectivity index (χ1) is 19.4. The van der Waals surface area contributed by atoms with Gasteiger partial charge in [0.2, 0.25) is 5.82 Å². The smallest absolute Gasteiger partial charge is 0.409 e. The first-order valence-electron chi connectivity index (χ1n) is 14.1. The van der Waals surface area contributed by atoms with E-state index in [1.807, 2.05) is 0 Å². The molecule has 4 atom stereocenters. The lowest BCUT2D eigenvalue weighted by molar-refractivity contribution is -0.137. The van der Waals surface area contributed by atoms with Gasteiger partial charge in [0.05, 0.1) is 12.9 Å². The number of ether oxygens (including phenoxy) is 2. The summed E-state index contributed by atoms with van der Waals surface area (Å²) in [4.78, 5) is 39.5. The Morgan fingerprint density at radius 1 is 1.10 bits per heavy atom. The van der Waals surface area contributed by atoms with Crippen molar-refractivity contribution in [3.63, 3.8) is 0 Å². The summed E-state index contributed by atoms with van der Waals surface area (Å²) in [6, 6.07) is 0.0906. The van der Waals surface area contributed by atoms with E-state index in [1.54, 1.807) is 4.90 Å². The van der Waals surface area contributed by atoms with Crippen LogP contribution in [0.15, 0.2) is 6.33 Å². The second-order valence-electron chi connectivity index (χ2n) is 11.3. The Balaban J connectivity index is 1.08. The number of carbonyl (C=O) groups is 2. The summed E-state index contributed by atoms with van der Waals surface area (Å²) in [6.45, 7) is 1.83. The Kier molecular flexibility index (Phi) is 7.48. The Morgan fingerprint density at radius 2 is 1.88 bits per heavy atom. The molecule has 2 aliphatic heterocycles. The topological polar surface area (TPSA) is 178 Å². The zero-order valence-electron chi connectivity index (χ0n) is 22.2. The van der Waals surface area contributed by atoms with Gasteiger partial charge in [0, 0.05) is 25.6 Å². The van der Waals surface area contributed by atoms with Crippen LogP contribution < -0.4 is 11.1 Å². The van der Waals surface area contributed by atoms with Gasteiger partial charge in [-0.05, 0) is 56.3 Å². The summed E-state index contributed by atoms with van der Waals surface area (Å²) < 4.78 is 12.7. The van der Waals surface area contributed by atoms with Crippen LogP contribution in [0.25, 0.3) is 11.2 Å². The molecule has 13 heteroatoms. The number of likely N-dealkylation sites (tertiary alicyclic amines) is 1. The third-order valence-corrected chi connectivity index (χ3v) is 8.27. The number of nitrogen functional groups attached to an aromatic ring is 1. The van der Waals surface area contributed by atoms with E-state index in [2.05, 4.69) is 32.1 Å². The van der Waals surface area contributed by atoms with E-state index < -0.39 is 30.4 Å². The van der Waals surface area contributed by atoms with Crippen molar-refractivity contribution in [1.82, 2.24) is 29.7 Å². The molecule has 214 valence electrons. The van der Waals surface area contributed by atoms with E-state index in [9.17, 15) is 19.8 Å². The number of nitrogens with two attached hydrogens (primary N) is 1. The van der Waals surface area contributed by atoms with E-state index in [4.69, 9.17) is 15.2 Å². The lowest BCUT2D eigenvalue weighted by Crippen LogP contribution is -2.43. The van der Waals surface area contributed by atoms with Gasteiger partial charge < -0.3 is 35.6 Å². The fourth-order valence-electron chi connectivity index (χ4n) is 5.33. The predicted octanol–water partition coefficient (Wildman–Crippen LogP) is 0.697. The number of aromatic nitrogens is 4. The third-order valence-electron chi connectivity index (χ3n) is 8.27. The number of aliphatic hydroxyl groups excluding tert-OH is 2. The Bertz CT molecular complexity index is 1320. The maximum atomic E-state index is 12.5. The number of aliphatic hydroxyl groups is 2. The van der Waals surface area contributed by atoms with Gasteiger partial charge >= 0.3 is 6.09 Å². The number of nitrogens with one attached hydrogen (secondary N) is 1. The molecule has 13 nitrogen and oxygen atoms in total. The highest BCUT2D eigenvalue weighted by Gasteiger charge is 2.48. The average molecular weight is 554 g/mol. The highest BCUT2D eigenvalue weighted by molar-refractivity contribution is 5.83. The molecule has 4 aliphatic rings. The summed E-state index contributed by atoms with van der Waals surface area (Å²) in [5.41, 5.74) is 6.71. The molecule has 2 saturated carbocycles. The number of hydrogen-bond donors (Lipinski definition) is 4. The Labute approximate surface area is 231 Å². The summed E-state index contributed by atoms with van der Waals surface area (Å²) >= 11 is 0. The van der Waals surface area contributed by atoms with Gasteiger partial charge in [0.15, 0.2) is 23.8 Å².